The van der Waals surface area contributed by atoms with Crippen LogP contribution in [0.2, 0.25) is 0 Å². The summed E-state index contributed by atoms with van der Waals surface area (Å²) in [5, 5.41) is 4.67. The molecule has 2 atom stereocenters. The fraction of sp³-hybridized carbons (Fsp3) is 0.727. The second-order valence-electron chi connectivity index (χ2n) is 3.76. The van der Waals surface area contributed by atoms with Gasteiger partial charge in [-0.25, -0.2) is 4.98 Å². The molecule has 1 heterocycles. The maximum absolute atomic E-state index is 5.16. The molecule has 15 heavy (non-hydrogen) atoms. The summed E-state index contributed by atoms with van der Waals surface area (Å²) in [5.74, 6) is 0. The lowest BCUT2D eigenvalue weighted by atomic mass is 10.2. The van der Waals surface area contributed by atoms with Gasteiger partial charge in [-0.1, -0.05) is 6.92 Å². The normalized spacial score (nSPS) is 15.2. The first-order valence-corrected chi connectivity index (χ1v) is 6.16. The number of hydrogen-bond acceptors (Lipinski definition) is 4. The third kappa shape index (κ3) is 3.89. The molecule has 0 saturated heterocycles. The highest BCUT2D eigenvalue weighted by Gasteiger charge is 2.13. The van der Waals surface area contributed by atoms with Crippen LogP contribution in [0.4, 0.5) is 0 Å². The van der Waals surface area contributed by atoms with E-state index in [1.54, 1.807) is 18.4 Å². The summed E-state index contributed by atoms with van der Waals surface area (Å²) in [6.07, 6.45) is 3.00. The Morgan fingerprint density at radius 2 is 2.33 bits per heavy atom. The maximum atomic E-state index is 5.16. The van der Waals surface area contributed by atoms with Gasteiger partial charge in [-0.05, 0) is 20.3 Å². The Labute approximate surface area is 95.9 Å². The van der Waals surface area contributed by atoms with Crippen LogP contribution in [0.15, 0.2) is 6.20 Å². The van der Waals surface area contributed by atoms with Gasteiger partial charge in [-0.3, -0.25) is 0 Å². The predicted molar refractivity (Wildman–Crippen MR) is 64.4 cm³/mol. The molecule has 86 valence electrons. The van der Waals surface area contributed by atoms with Crippen molar-refractivity contribution in [2.75, 3.05) is 13.7 Å². The van der Waals surface area contributed by atoms with E-state index in [0.717, 1.165) is 18.0 Å². The number of hydrogen-bond donors (Lipinski definition) is 1. The lowest BCUT2D eigenvalue weighted by Crippen LogP contribution is -2.34. The minimum absolute atomic E-state index is 0.309. The minimum atomic E-state index is 0.309. The number of nitrogens with one attached hydrogen (secondary N) is 1. The summed E-state index contributed by atoms with van der Waals surface area (Å²) < 4.78 is 5.16. The Morgan fingerprint density at radius 1 is 1.60 bits per heavy atom. The number of rotatable bonds is 6. The lowest BCUT2D eigenvalue weighted by molar-refractivity contribution is 0.159. The molecule has 0 aliphatic carbocycles. The molecule has 0 amide bonds. The van der Waals surface area contributed by atoms with Crippen molar-refractivity contribution in [2.24, 2.45) is 0 Å². The predicted octanol–water partition coefficient (Wildman–Crippen LogP) is 2.53. The van der Waals surface area contributed by atoms with Crippen molar-refractivity contribution in [1.29, 1.82) is 0 Å². The number of ether oxygens (including phenoxy) is 1. The van der Waals surface area contributed by atoms with E-state index < -0.39 is 0 Å². The monoisotopic (exact) mass is 228 g/mol. The zero-order chi connectivity index (χ0) is 11.3. The Hall–Kier alpha value is -0.450. The third-order valence-electron chi connectivity index (χ3n) is 2.36. The van der Waals surface area contributed by atoms with Gasteiger partial charge < -0.3 is 10.1 Å². The number of nitrogens with zero attached hydrogens (tertiary/aromatic N) is 1. The van der Waals surface area contributed by atoms with Crippen molar-refractivity contribution in [1.82, 2.24) is 10.3 Å². The molecule has 3 nitrogen and oxygen atoms in total. The van der Waals surface area contributed by atoms with E-state index in [0.29, 0.717) is 12.1 Å². The van der Waals surface area contributed by atoms with Crippen molar-refractivity contribution in [2.45, 2.75) is 39.3 Å². The van der Waals surface area contributed by atoms with Gasteiger partial charge in [-0.2, -0.15) is 0 Å². The van der Waals surface area contributed by atoms with Gasteiger partial charge in [0.1, 0.15) is 5.01 Å². The number of aryl methyl sites for hydroxylation is 1. The summed E-state index contributed by atoms with van der Waals surface area (Å²) in [5.41, 5.74) is 0. The Morgan fingerprint density at radius 3 is 2.80 bits per heavy atom. The molecule has 4 heteroatoms. The molecule has 0 fully saturated rings. The Balaban J connectivity index is 2.50. The molecule has 0 aromatic carbocycles. The van der Waals surface area contributed by atoms with Crippen LogP contribution in [0.1, 0.15) is 36.2 Å². The molecule has 1 N–H and O–H groups in total. The highest BCUT2D eigenvalue weighted by atomic mass is 32.1. The molecule has 0 spiro atoms. The van der Waals surface area contributed by atoms with Crippen LogP contribution in [0.3, 0.4) is 0 Å². The molecule has 0 bridgehead atoms. The van der Waals surface area contributed by atoms with E-state index in [1.807, 2.05) is 6.20 Å². The van der Waals surface area contributed by atoms with Gasteiger partial charge in [0.2, 0.25) is 0 Å². The van der Waals surface area contributed by atoms with Gasteiger partial charge in [0.25, 0.3) is 0 Å². The molecule has 0 aliphatic heterocycles. The standard InChI is InChI=1S/C11H20N2OS/c1-5-10(7-14-4)13-9(3)11-12-6-8(2)15-11/h6,9-10,13H,5,7H2,1-4H3. The largest absolute Gasteiger partial charge is 0.383 e. The third-order valence-corrected chi connectivity index (χ3v) is 3.45. The average molecular weight is 228 g/mol. The minimum Gasteiger partial charge on any atom is -0.383 e. The molecule has 0 aliphatic rings. The zero-order valence-corrected chi connectivity index (χ0v) is 10.7. The van der Waals surface area contributed by atoms with Crippen LogP contribution in [-0.4, -0.2) is 24.7 Å². The molecule has 1 rings (SSSR count). The SMILES string of the molecule is CCC(COC)NC(C)c1ncc(C)s1. The highest BCUT2D eigenvalue weighted by Crippen LogP contribution is 2.19. The smallest absolute Gasteiger partial charge is 0.109 e. The second kappa shape index (κ2) is 6.20. The van der Waals surface area contributed by atoms with E-state index in [4.69, 9.17) is 4.74 Å². The van der Waals surface area contributed by atoms with E-state index in [9.17, 15) is 0 Å². The molecule has 1 aromatic rings. The van der Waals surface area contributed by atoms with Crippen molar-refractivity contribution < 1.29 is 4.74 Å². The summed E-state index contributed by atoms with van der Waals surface area (Å²) in [6, 6.07) is 0.720. The molecular weight excluding hydrogens is 208 g/mol. The van der Waals surface area contributed by atoms with Crippen LogP contribution < -0.4 is 5.32 Å². The highest BCUT2D eigenvalue weighted by molar-refractivity contribution is 7.11. The van der Waals surface area contributed by atoms with E-state index in [2.05, 4.69) is 31.1 Å². The fourth-order valence-corrected chi connectivity index (χ4v) is 2.27. The quantitative estimate of drug-likeness (QED) is 0.812. The van der Waals surface area contributed by atoms with E-state index in [1.165, 1.54) is 4.88 Å². The second-order valence-corrected chi connectivity index (χ2v) is 5.02. The van der Waals surface area contributed by atoms with Crippen LogP contribution in [0, 0.1) is 6.92 Å². The summed E-state index contributed by atoms with van der Waals surface area (Å²) in [7, 11) is 1.74. The summed E-state index contributed by atoms with van der Waals surface area (Å²) >= 11 is 1.75. The first-order chi connectivity index (χ1) is 7.17. The zero-order valence-electron chi connectivity index (χ0n) is 9.91. The average Bonchev–Trinajstić information content (AvgIpc) is 2.64. The van der Waals surface area contributed by atoms with Gasteiger partial charge >= 0.3 is 0 Å². The molecule has 0 saturated carbocycles. The first-order valence-electron chi connectivity index (χ1n) is 5.34. The topological polar surface area (TPSA) is 34.1 Å². The van der Waals surface area contributed by atoms with Crippen LogP contribution in [0.25, 0.3) is 0 Å². The van der Waals surface area contributed by atoms with E-state index in [-0.39, 0.29) is 0 Å². The maximum Gasteiger partial charge on any atom is 0.109 e. The molecule has 1 aromatic heterocycles. The number of methoxy groups -OCH3 is 1. The van der Waals surface area contributed by atoms with Crippen LogP contribution in [-0.2, 0) is 4.74 Å². The number of aromatic nitrogens is 1. The molecule has 0 radical (unpaired) electrons. The molecule has 2 unspecified atom stereocenters. The summed E-state index contributed by atoms with van der Waals surface area (Å²) in [4.78, 5) is 5.64. The molecular formula is C11H20N2OS. The lowest BCUT2D eigenvalue weighted by Gasteiger charge is -2.20. The van der Waals surface area contributed by atoms with Crippen molar-refractivity contribution in [3.05, 3.63) is 16.1 Å². The van der Waals surface area contributed by atoms with Crippen LogP contribution in [0.5, 0.6) is 0 Å². The van der Waals surface area contributed by atoms with Crippen molar-refractivity contribution in [3.8, 4) is 0 Å². The summed E-state index contributed by atoms with van der Waals surface area (Å²) in [6.45, 7) is 7.15. The number of thiazole rings is 1. The van der Waals surface area contributed by atoms with Gasteiger partial charge in [-0.15, -0.1) is 11.3 Å². The van der Waals surface area contributed by atoms with Gasteiger partial charge in [0.05, 0.1) is 12.6 Å². The first kappa shape index (κ1) is 12.6. The van der Waals surface area contributed by atoms with Crippen molar-refractivity contribution in [3.63, 3.8) is 0 Å². The Bertz CT molecular complexity index is 288. The fourth-order valence-electron chi connectivity index (χ4n) is 1.48. The van der Waals surface area contributed by atoms with Gasteiger partial charge in [0, 0.05) is 24.2 Å². The van der Waals surface area contributed by atoms with E-state index >= 15 is 0 Å². The van der Waals surface area contributed by atoms with Crippen molar-refractivity contribution >= 4 is 11.3 Å². The Kier molecular flexibility index (Phi) is 5.22. The van der Waals surface area contributed by atoms with Gasteiger partial charge in [0.15, 0.2) is 0 Å². The van der Waals surface area contributed by atoms with Crippen LogP contribution >= 0.6 is 11.3 Å².